The van der Waals surface area contributed by atoms with Crippen molar-refractivity contribution in [3.63, 3.8) is 0 Å². The molecule has 1 aliphatic rings. The summed E-state index contributed by atoms with van der Waals surface area (Å²) in [4.78, 5) is 5.85. The molecular formula is C22H21NO. The molecule has 0 aromatic heterocycles. The van der Waals surface area contributed by atoms with E-state index in [0.29, 0.717) is 5.92 Å². The van der Waals surface area contributed by atoms with E-state index in [0.717, 1.165) is 18.6 Å². The third-order valence-electron chi connectivity index (χ3n) is 4.91. The van der Waals surface area contributed by atoms with Gasteiger partial charge >= 0.3 is 0 Å². The molecule has 0 aliphatic carbocycles. The minimum atomic E-state index is 0.0156. The number of fused-ring (bicyclic) bond motifs is 1. The smallest absolute Gasteiger partial charge is 0.161 e. The van der Waals surface area contributed by atoms with Crippen LogP contribution in [0.4, 0.5) is 0 Å². The number of nitrogens with zero attached hydrogens (tertiary/aromatic N) is 1. The Kier molecular flexibility index (Phi) is 4.04. The molecule has 24 heavy (non-hydrogen) atoms. The molecule has 2 heteroatoms. The Morgan fingerprint density at radius 2 is 1.58 bits per heavy atom. The minimum absolute atomic E-state index is 0.0156. The van der Waals surface area contributed by atoms with Gasteiger partial charge in [0.15, 0.2) is 6.10 Å². The molecule has 2 atom stereocenters. The summed E-state index contributed by atoms with van der Waals surface area (Å²) in [6.45, 7) is 2.23. The van der Waals surface area contributed by atoms with E-state index in [1.54, 1.807) is 0 Å². The maximum atomic E-state index is 5.85. The van der Waals surface area contributed by atoms with Crippen molar-refractivity contribution < 1.29 is 4.84 Å². The third-order valence-corrected chi connectivity index (χ3v) is 4.91. The van der Waals surface area contributed by atoms with Gasteiger partial charge in [-0.3, -0.25) is 0 Å². The van der Waals surface area contributed by atoms with E-state index < -0.39 is 0 Å². The number of benzene rings is 3. The summed E-state index contributed by atoms with van der Waals surface area (Å²) < 4.78 is 0. The van der Waals surface area contributed by atoms with Gasteiger partial charge < -0.3 is 4.84 Å². The lowest BCUT2D eigenvalue weighted by molar-refractivity contribution is 0.0664. The van der Waals surface area contributed by atoms with E-state index >= 15 is 0 Å². The van der Waals surface area contributed by atoms with Crippen molar-refractivity contribution in [2.45, 2.75) is 25.9 Å². The Morgan fingerprint density at radius 3 is 2.46 bits per heavy atom. The molecule has 0 bridgehead atoms. The lowest BCUT2D eigenvalue weighted by atomic mass is 9.88. The van der Waals surface area contributed by atoms with Crippen molar-refractivity contribution in [2.75, 3.05) is 0 Å². The highest BCUT2D eigenvalue weighted by Gasteiger charge is 2.32. The number of hydrogen-bond acceptors (Lipinski definition) is 2. The first kappa shape index (κ1) is 14.9. The summed E-state index contributed by atoms with van der Waals surface area (Å²) in [5.74, 6) is 0.305. The second kappa shape index (κ2) is 6.48. The normalized spacial score (nSPS) is 20.0. The average molecular weight is 315 g/mol. The zero-order valence-electron chi connectivity index (χ0n) is 13.9. The lowest BCUT2D eigenvalue weighted by Crippen LogP contribution is -2.14. The molecular weight excluding hydrogens is 294 g/mol. The van der Waals surface area contributed by atoms with Gasteiger partial charge in [-0.15, -0.1) is 0 Å². The first-order chi connectivity index (χ1) is 11.8. The van der Waals surface area contributed by atoms with E-state index in [9.17, 15) is 0 Å². The van der Waals surface area contributed by atoms with Crippen LogP contribution in [-0.4, -0.2) is 5.71 Å². The summed E-state index contributed by atoms with van der Waals surface area (Å²) >= 11 is 0. The molecule has 120 valence electrons. The SMILES string of the molecule is CC1C(CCc2ccccc2)=NOC1c1cccc2ccccc12. The van der Waals surface area contributed by atoms with Crippen LogP contribution < -0.4 is 0 Å². The van der Waals surface area contributed by atoms with Crippen LogP contribution in [0.1, 0.15) is 30.6 Å². The number of aryl methyl sites for hydroxylation is 1. The highest BCUT2D eigenvalue weighted by Crippen LogP contribution is 2.37. The molecule has 4 rings (SSSR count). The molecule has 0 amide bonds. The van der Waals surface area contributed by atoms with Gasteiger partial charge in [0, 0.05) is 11.5 Å². The second-order valence-corrected chi connectivity index (χ2v) is 6.45. The molecule has 0 saturated heterocycles. The highest BCUT2D eigenvalue weighted by atomic mass is 16.6. The topological polar surface area (TPSA) is 21.6 Å². The second-order valence-electron chi connectivity index (χ2n) is 6.45. The number of oxime groups is 1. The van der Waals surface area contributed by atoms with Crippen LogP contribution >= 0.6 is 0 Å². The van der Waals surface area contributed by atoms with Gasteiger partial charge in [-0.05, 0) is 29.2 Å². The molecule has 0 spiro atoms. The predicted octanol–water partition coefficient (Wildman–Crippen LogP) is 5.54. The van der Waals surface area contributed by atoms with Crippen molar-refractivity contribution >= 4 is 16.5 Å². The lowest BCUT2D eigenvalue weighted by Gasteiger charge is -2.17. The van der Waals surface area contributed by atoms with Gasteiger partial charge in [-0.25, -0.2) is 0 Å². The third kappa shape index (κ3) is 2.80. The van der Waals surface area contributed by atoms with Gasteiger partial charge in [0.25, 0.3) is 0 Å². The fraction of sp³-hybridized carbons (Fsp3) is 0.227. The molecule has 3 aromatic carbocycles. The molecule has 0 fully saturated rings. The van der Waals surface area contributed by atoms with Crippen LogP contribution in [0.3, 0.4) is 0 Å². The minimum Gasteiger partial charge on any atom is -0.387 e. The van der Waals surface area contributed by atoms with Crippen molar-refractivity contribution in [3.8, 4) is 0 Å². The number of hydrogen-bond donors (Lipinski definition) is 0. The van der Waals surface area contributed by atoms with Crippen molar-refractivity contribution in [2.24, 2.45) is 11.1 Å². The Hall–Kier alpha value is -2.61. The zero-order chi connectivity index (χ0) is 16.4. The van der Waals surface area contributed by atoms with Crippen LogP contribution in [0.15, 0.2) is 78.0 Å². The van der Waals surface area contributed by atoms with Crippen LogP contribution in [-0.2, 0) is 11.3 Å². The summed E-state index contributed by atoms with van der Waals surface area (Å²) in [6.07, 6.45) is 1.98. The van der Waals surface area contributed by atoms with Crippen molar-refractivity contribution in [3.05, 3.63) is 83.9 Å². The molecule has 0 N–H and O–H groups in total. The Morgan fingerprint density at radius 1 is 0.833 bits per heavy atom. The molecule has 1 aliphatic heterocycles. The first-order valence-corrected chi connectivity index (χ1v) is 8.57. The Bertz CT molecular complexity index is 864. The van der Waals surface area contributed by atoms with E-state index in [4.69, 9.17) is 4.84 Å². The number of rotatable bonds is 4. The van der Waals surface area contributed by atoms with Crippen LogP contribution in [0.2, 0.25) is 0 Å². The van der Waals surface area contributed by atoms with Gasteiger partial charge in [-0.2, -0.15) is 0 Å². The molecule has 2 nitrogen and oxygen atoms in total. The van der Waals surface area contributed by atoms with Gasteiger partial charge in [0.1, 0.15) is 0 Å². The van der Waals surface area contributed by atoms with E-state index in [1.165, 1.54) is 21.9 Å². The maximum absolute atomic E-state index is 5.85. The van der Waals surface area contributed by atoms with Gasteiger partial charge in [-0.1, -0.05) is 84.9 Å². The van der Waals surface area contributed by atoms with Crippen molar-refractivity contribution in [1.29, 1.82) is 0 Å². The summed E-state index contributed by atoms with van der Waals surface area (Å²) in [6, 6.07) is 25.5. The molecule has 3 aromatic rings. The predicted molar refractivity (Wildman–Crippen MR) is 99.1 cm³/mol. The fourth-order valence-corrected chi connectivity index (χ4v) is 3.49. The van der Waals surface area contributed by atoms with Gasteiger partial charge in [0.05, 0.1) is 5.71 Å². The van der Waals surface area contributed by atoms with E-state index in [-0.39, 0.29) is 6.10 Å². The van der Waals surface area contributed by atoms with Gasteiger partial charge in [0.2, 0.25) is 0 Å². The Balaban J connectivity index is 1.53. The molecule has 2 unspecified atom stereocenters. The van der Waals surface area contributed by atoms with Crippen LogP contribution in [0, 0.1) is 5.92 Å². The van der Waals surface area contributed by atoms with Crippen LogP contribution in [0.5, 0.6) is 0 Å². The van der Waals surface area contributed by atoms with Crippen molar-refractivity contribution in [1.82, 2.24) is 0 Å². The van der Waals surface area contributed by atoms with E-state index in [1.807, 2.05) is 0 Å². The highest BCUT2D eigenvalue weighted by molar-refractivity contribution is 5.90. The quantitative estimate of drug-likeness (QED) is 0.620. The monoisotopic (exact) mass is 315 g/mol. The molecule has 0 saturated carbocycles. The molecule has 1 heterocycles. The standard InChI is InChI=1S/C22H21NO/c1-16-21(15-14-17-8-3-2-4-9-17)23-24-22(16)20-13-7-11-18-10-5-6-12-19(18)20/h2-13,16,22H,14-15H2,1H3. The summed E-state index contributed by atoms with van der Waals surface area (Å²) in [7, 11) is 0. The molecule has 0 radical (unpaired) electrons. The Labute approximate surface area is 142 Å². The largest absolute Gasteiger partial charge is 0.387 e. The van der Waals surface area contributed by atoms with Crippen LogP contribution in [0.25, 0.3) is 10.8 Å². The average Bonchev–Trinajstić information content (AvgIpc) is 3.01. The fourth-order valence-electron chi connectivity index (χ4n) is 3.49. The zero-order valence-corrected chi connectivity index (χ0v) is 13.9. The van der Waals surface area contributed by atoms with E-state index in [2.05, 4.69) is 84.9 Å². The summed E-state index contributed by atoms with van der Waals surface area (Å²) in [5.41, 5.74) is 3.75. The first-order valence-electron chi connectivity index (χ1n) is 8.57. The maximum Gasteiger partial charge on any atom is 0.161 e. The summed E-state index contributed by atoms with van der Waals surface area (Å²) in [5, 5.41) is 6.93.